The molecule has 0 saturated carbocycles. The van der Waals surface area contributed by atoms with Crippen LogP contribution >= 0.6 is 13.7 Å². The third kappa shape index (κ3) is 4.61. The van der Waals surface area contributed by atoms with E-state index >= 15 is 0 Å². The molecule has 0 heterocycles. The van der Waals surface area contributed by atoms with Crippen molar-refractivity contribution in [1.29, 1.82) is 0 Å². The molecule has 0 unspecified atom stereocenters. The summed E-state index contributed by atoms with van der Waals surface area (Å²) in [4.78, 5) is 0. The molecule has 0 aliphatic carbocycles. The third-order valence-electron chi connectivity index (χ3n) is 5.66. The maximum absolute atomic E-state index is 3.79. The molecule has 1 nitrogen and oxygen atoms in total. The average molecular weight is 540 g/mol. The molecule has 0 amide bonds. The molecular weight excluding hydrogens is 515 g/mol. The molecule has 0 aromatic heterocycles. The van der Waals surface area contributed by atoms with Crippen molar-refractivity contribution in [3.05, 3.63) is 152 Å². The van der Waals surface area contributed by atoms with Crippen LogP contribution in [0.25, 0.3) is 0 Å². The Hall–Kier alpha value is -2.72. The summed E-state index contributed by atoms with van der Waals surface area (Å²) in [5.74, 6) is 0. The zero-order chi connectivity index (χ0) is 23.2. The van der Waals surface area contributed by atoms with Crippen LogP contribution in [-0.2, 0) is 0 Å². The van der Waals surface area contributed by atoms with Gasteiger partial charge in [0.05, 0.1) is 0 Å². The Morgan fingerprint density at radius 2 is 0.765 bits per heavy atom. The Bertz CT molecular complexity index is 1280. The van der Waals surface area contributed by atoms with E-state index in [0.717, 1.165) is 0 Å². The van der Waals surface area contributed by atoms with Gasteiger partial charge in [0.2, 0.25) is 0 Å². The van der Waals surface area contributed by atoms with E-state index < -0.39 is 13.7 Å². The maximum atomic E-state index is 3.79. The average Bonchev–Trinajstić information content (AvgIpc) is 2.93. The van der Waals surface area contributed by atoms with Gasteiger partial charge in [-0.15, -0.1) is 0 Å². The minimum absolute atomic E-state index is 0.874. The van der Waals surface area contributed by atoms with E-state index in [1.165, 1.54) is 26.9 Å². The molecule has 5 rings (SSSR count). The van der Waals surface area contributed by atoms with Crippen LogP contribution in [0.15, 0.2) is 152 Å². The minimum atomic E-state index is -2.16. The van der Waals surface area contributed by atoms with Crippen LogP contribution in [0.3, 0.4) is 0 Å². The quantitative estimate of drug-likeness (QED) is 0.175. The summed E-state index contributed by atoms with van der Waals surface area (Å²) in [6, 6.07) is 54.7. The van der Waals surface area contributed by atoms with Crippen molar-refractivity contribution in [3.8, 4) is 0 Å². The number of hydrogen-bond donors (Lipinski definition) is 0. The predicted octanol–water partition coefficient (Wildman–Crippen LogP) is 6.21. The van der Waals surface area contributed by atoms with E-state index in [1.54, 1.807) is 0 Å². The molecule has 0 bridgehead atoms. The SMILES string of the molecule is [Se]=P(c1ccccc1)(c1ccccc1)N(c1ccccc1)P(c1ccccc1)c1ccccc1. The molecular formula is C30H25NP2Se. The fraction of sp³-hybridized carbons (Fsp3) is 0. The fourth-order valence-corrected chi connectivity index (χ4v) is 14.2. The Morgan fingerprint density at radius 1 is 0.441 bits per heavy atom. The number of para-hydroxylation sites is 1. The first-order chi connectivity index (χ1) is 16.8. The van der Waals surface area contributed by atoms with Gasteiger partial charge in [0.25, 0.3) is 0 Å². The van der Waals surface area contributed by atoms with Crippen molar-refractivity contribution in [2.75, 3.05) is 4.44 Å². The fourth-order valence-electron chi connectivity index (χ4n) is 4.10. The standard InChI is InChI=1S/C30H25NP2Se/c34-33(29-22-12-4-13-23-29,30-24-14-5-15-25-30)31(26-16-6-1-7-17-26)32(27-18-8-2-9-19-27)28-20-10-3-11-21-28/h1-25H. The first-order valence-corrected chi connectivity index (χ1v) is 16.5. The molecule has 0 atom stereocenters. The Labute approximate surface area is 211 Å². The van der Waals surface area contributed by atoms with Gasteiger partial charge in [0.15, 0.2) is 0 Å². The third-order valence-corrected chi connectivity index (χ3v) is 16.4. The summed E-state index contributed by atoms with van der Waals surface area (Å²) < 4.78 is 2.71. The molecule has 0 N–H and O–H groups in total. The normalized spacial score (nSPS) is 11.3. The van der Waals surface area contributed by atoms with Gasteiger partial charge in [-0.2, -0.15) is 0 Å². The molecule has 5 aromatic rings. The van der Waals surface area contributed by atoms with Crippen molar-refractivity contribution in [3.63, 3.8) is 0 Å². The zero-order valence-electron chi connectivity index (χ0n) is 18.7. The van der Waals surface area contributed by atoms with E-state index in [4.69, 9.17) is 0 Å². The monoisotopic (exact) mass is 541 g/mol. The van der Waals surface area contributed by atoms with Gasteiger partial charge < -0.3 is 0 Å². The topological polar surface area (TPSA) is 3.24 Å². The van der Waals surface area contributed by atoms with E-state index in [2.05, 4.69) is 171 Å². The summed E-state index contributed by atoms with van der Waals surface area (Å²) in [5.41, 5.74) is -0.933. The second-order valence-corrected chi connectivity index (χ2v) is 16.1. The van der Waals surface area contributed by atoms with E-state index in [9.17, 15) is 0 Å². The van der Waals surface area contributed by atoms with Crippen molar-refractivity contribution in [1.82, 2.24) is 0 Å². The van der Waals surface area contributed by atoms with Crippen molar-refractivity contribution >= 4 is 55.7 Å². The molecule has 0 aliphatic rings. The van der Waals surface area contributed by atoms with Crippen molar-refractivity contribution in [2.45, 2.75) is 0 Å². The van der Waals surface area contributed by atoms with Gasteiger partial charge in [-0.05, 0) is 0 Å². The number of benzene rings is 5. The van der Waals surface area contributed by atoms with Gasteiger partial charge >= 0.3 is 212 Å². The Kier molecular flexibility index (Phi) is 7.24. The molecule has 5 aromatic carbocycles. The van der Waals surface area contributed by atoms with Gasteiger partial charge in [-0.3, -0.25) is 0 Å². The Balaban J connectivity index is 1.85. The molecule has 4 heteroatoms. The van der Waals surface area contributed by atoms with Crippen LogP contribution < -0.4 is 25.7 Å². The van der Waals surface area contributed by atoms with Crippen molar-refractivity contribution < 1.29 is 0 Å². The first-order valence-electron chi connectivity index (χ1n) is 11.3. The van der Waals surface area contributed by atoms with Crippen LogP contribution in [0.4, 0.5) is 5.69 Å². The van der Waals surface area contributed by atoms with E-state index in [1.807, 2.05) is 0 Å². The summed E-state index contributed by atoms with van der Waals surface area (Å²) >= 11 is 3.79. The molecule has 0 radical (unpaired) electrons. The van der Waals surface area contributed by atoms with Crippen LogP contribution in [0.1, 0.15) is 0 Å². The van der Waals surface area contributed by atoms with Gasteiger partial charge in [0.1, 0.15) is 0 Å². The zero-order valence-corrected chi connectivity index (χ0v) is 22.2. The molecule has 0 aliphatic heterocycles. The van der Waals surface area contributed by atoms with Crippen LogP contribution in [-0.4, -0.2) is 15.1 Å². The van der Waals surface area contributed by atoms with Crippen LogP contribution in [0.5, 0.6) is 0 Å². The number of nitrogens with zero attached hydrogens (tertiary/aromatic N) is 1. The summed E-state index contributed by atoms with van der Waals surface area (Å²) in [6.07, 6.45) is 0. The van der Waals surface area contributed by atoms with Crippen LogP contribution in [0, 0.1) is 0 Å². The molecule has 166 valence electrons. The number of rotatable bonds is 7. The van der Waals surface area contributed by atoms with Gasteiger partial charge in [-0.1, -0.05) is 0 Å². The second kappa shape index (κ2) is 10.7. The van der Waals surface area contributed by atoms with E-state index in [-0.39, 0.29) is 0 Å². The Morgan fingerprint density at radius 3 is 1.15 bits per heavy atom. The number of anilines is 1. The summed E-state index contributed by atoms with van der Waals surface area (Å²) in [6.45, 7) is 0. The van der Waals surface area contributed by atoms with Gasteiger partial charge in [-0.25, -0.2) is 0 Å². The first kappa shape index (κ1) is 23.0. The summed E-state index contributed by atoms with van der Waals surface area (Å²) in [7, 11) is -0.874. The summed E-state index contributed by atoms with van der Waals surface area (Å²) in [5, 5.41) is 5.31. The van der Waals surface area contributed by atoms with Gasteiger partial charge in [0, 0.05) is 0 Å². The van der Waals surface area contributed by atoms with Crippen molar-refractivity contribution in [2.24, 2.45) is 0 Å². The molecule has 34 heavy (non-hydrogen) atoms. The second-order valence-electron chi connectivity index (χ2n) is 7.86. The van der Waals surface area contributed by atoms with E-state index in [0.29, 0.717) is 0 Å². The molecule has 0 spiro atoms. The molecule has 0 fully saturated rings. The predicted molar refractivity (Wildman–Crippen MR) is 153 cm³/mol. The molecule has 0 saturated heterocycles. The number of hydrogen-bond acceptors (Lipinski definition) is 1. The van der Waals surface area contributed by atoms with Crippen LogP contribution in [0.2, 0.25) is 0 Å².